The summed E-state index contributed by atoms with van der Waals surface area (Å²) in [5.41, 5.74) is 0.0384. The van der Waals surface area contributed by atoms with Gasteiger partial charge < -0.3 is 5.11 Å². The topological polar surface area (TPSA) is 49.7 Å². The Hall–Kier alpha value is -1.67. The Balaban J connectivity index is 2.54. The molecule has 4 heteroatoms. The van der Waals surface area contributed by atoms with E-state index in [2.05, 4.69) is 4.99 Å². The molecule has 78 valence electrons. The first-order chi connectivity index (χ1) is 7.09. The fraction of sp³-hybridized carbons (Fsp3) is 0.364. The Bertz CT molecular complexity index is 460. The first-order valence-electron chi connectivity index (χ1n) is 4.68. The number of aliphatic imine (C=N–C) groups is 1. The third kappa shape index (κ3) is 1.53. The van der Waals surface area contributed by atoms with E-state index in [1.54, 1.807) is 6.92 Å². The molecule has 0 radical (unpaired) electrons. The number of nitrogens with zero attached hydrogens (tertiary/aromatic N) is 1. The van der Waals surface area contributed by atoms with E-state index in [-0.39, 0.29) is 5.75 Å². The number of aromatic hydroxyl groups is 1. The smallest absolute Gasteiger partial charge is 0.235 e. The summed E-state index contributed by atoms with van der Waals surface area (Å²) >= 11 is 0. The van der Waals surface area contributed by atoms with Crippen LogP contribution >= 0.6 is 0 Å². The number of phenols is 1. The molecule has 0 heterocycles. The van der Waals surface area contributed by atoms with E-state index >= 15 is 0 Å². The molecule has 0 atom stereocenters. The number of rotatable bonds is 2. The van der Waals surface area contributed by atoms with Gasteiger partial charge in [-0.3, -0.25) is 0 Å². The van der Waals surface area contributed by atoms with Gasteiger partial charge in [-0.2, -0.15) is 4.99 Å². The minimum atomic E-state index is -0.722. The van der Waals surface area contributed by atoms with Gasteiger partial charge in [-0.05, 0) is 37.5 Å². The van der Waals surface area contributed by atoms with E-state index in [0.717, 1.165) is 0 Å². The van der Waals surface area contributed by atoms with Gasteiger partial charge in [0.05, 0.1) is 0 Å². The van der Waals surface area contributed by atoms with Crippen LogP contribution in [0.5, 0.6) is 5.75 Å². The molecule has 0 unspecified atom stereocenters. The zero-order valence-electron chi connectivity index (χ0n) is 8.25. The molecule has 1 N–H and O–H groups in total. The van der Waals surface area contributed by atoms with Crippen LogP contribution in [0.2, 0.25) is 0 Å². The van der Waals surface area contributed by atoms with Gasteiger partial charge in [0.15, 0.2) is 0 Å². The van der Waals surface area contributed by atoms with Crippen molar-refractivity contribution in [1.29, 1.82) is 0 Å². The fourth-order valence-corrected chi connectivity index (χ4v) is 1.69. The standard InChI is InChI=1S/C11H10FNO2/c1-7-4-10(15)8(5-9(7)12)11(2-3-11)13-6-14/h4-5,15H,2-3H2,1H3. The highest BCUT2D eigenvalue weighted by Gasteiger charge is 2.46. The van der Waals surface area contributed by atoms with Crippen LogP contribution in [0.3, 0.4) is 0 Å². The number of carbonyl (C=O) groups excluding carboxylic acids is 1. The Kier molecular flexibility index (Phi) is 2.09. The van der Waals surface area contributed by atoms with Crippen LogP contribution in [-0.2, 0) is 10.3 Å². The fourth-order valence-electron chi connectivity index (χ4n) is 1.69. The van der Waals surface area contributed by atoms with Crippen molar-refractivity contribution in [1.82, 2.24) is 0 Å². The third-order valence-electron chi connectivity index (χ3n) is 2.76. The average Bonchev–Trinajstić information content (AvgIpc) is 2.93. The Morgan fingerprint density at radius 3 is 2.73 bits per heavy atom. The second-order valence-corrected chi connectivity index (χ2v) is 3.85. The lowest BCUT2D eigenvalue weighted by molar-refractivity contribution is 0.455. The molecule has 1 aromatic rings. The number of halogens is 1. The van der Waals surface area contributed by atoms with Gasteiger partial charge in [0.1, 0.15) is 17.1 Å². The van der Waals surface area contributed by atoms with E-state index in [0.29, 0.717) is 24.0 Å². The van der Waals surface area contributed by atoms with Gasteiger partial charge in [-0.25, -0.2) is 9.18 Å². The molecule has 0 saturated heterocycles. The van der Waals surface area contributed by atoms with Crippen molar-refractivity contribution >= 4 is 6.08 Å². The second-order valence-electron chi connectivity index (χ2n) is 3.85. The van der Waals surface area contributed by atoms with E-state index < -0.39 is 11.4 Å². The molecule has 1 aliphatic carbocycles. The molecule has 15 heavy (non-hydrogen) atoms. The van der Waals surface area contributed by atoms with Crippen molar-refractivity contribution in [2.24, 2.45) is 4.99 Å². The predicted octanol–water partition coefficient (Wildman–Crippen LogP) is 2.16. The number of hydrogen-bond donors (Lipinski definition) is 1. The molecule has 0 amide bonds. The van der Waals surface area contributed by atoms with Crippen LogP contribution in [-0.4, -0.2) is 11.2 Å². The molecule has 1 aliphatic rings. The minimum Gasteiger partial charge on any atom is -0.508 e. The number of aryl methyl sites for hydroxylation is 1. The highest BCUT2D eigenvalue weighted by atomic mass is 19.1. The van der Waals surface area contributed by atoms with Crippen molar-refractivity contribution in [3.05, 3.63) is 29.1 Å². The Morgan fingerprint density at radius 1 is 1.53 bits per heavy atom. The summed E-state index contributed by atoms with van der Waals surface area (Å²) in [6.45, 7) is 1.57. The zero-order chi connectivity index (χ0) is 11.1. The molecule has 0 spiro atoms. The zero-order valence-corrected chi connectivity index (χ0v) is 8.25. The average molecular weight is 207 g/mol. The van der Waals surface area contributed by atoms with Crippen molar-refractivity contribution in [3.63, 3.8) is 0 Å². The lowest BCUT2D eigenvalue weighted by Gasteiger charge is -2.11. The Morgan fingerprint density at radius 2 is 2.20 bits per heavy atom. The minimum absolute atomic E-state index is 0.00889. The molecule has 3 nitrogen and oxygen atoms in total. The van der Waals surface area contributed by atoms with Crippen molar-refractivity contribution in [2.75, 3.05) is 0 Å². The monoisotopic (exact) mass is 207 g/mol. The summed E-state index contributed by atoms with van der Waals surface area (Å²) in [6.07, 6.45) is 2.77. The first kappa shape index (κ1) is 9.87. The third-order valence-corrected chi connectivity index (χ3v) is 2.76. The van der Waals surface area contributed by atoms with E-state index in [1.807, 2.05) is 0 Å². The van der Waals surface area contributed by atoms with Crippen LogP contribution in [0.25, 0.3) is 0 Å². The normalized spacial score (nSPS) is 16.9. The maximum absolute atomic E-state index is 13.3. The SMILES string of the molecule is Cc1cc(O)c(C2(N=C=O)CC2)cc1F. The van der Waals surface area contributed by atoms with Gasteiger partial charge in [0, 0.05) is 5.56 Å². The predicted molar refractivity (Wildman–Crippen MR) is 51.8 cm³/mol. The van der Waals surface area contributed by atoms with Gasteiger partial charge in [-0.1, -0.05) is 0 Å². The molecule has 1 aromatic carbocycles. The summed E-state index contributed by atoms with van der Waals surface area (Å²) in [7, 11) is 0. The maximum Gasteiger partial charge on any atom is 0.235 e. The highest BCUT2D eigenvalue weighted by molar-refractivity contribution is 5.48. The van der Waals surface area contributed by atoms with Crippen LogP contribution in [0.4, 0.5) is 4.39 Å². The van der Waals surface area contributed by atoms with E-state index in [9.17, 15) is 14.3 Å². The number of benzene rings is 1. The molecular weight excluding hydrogens is 197 g/mol. The molecule has 2 rings (SSSR count). The maximum atomic E-state index is 13.3. The number of isocyanates is 1. The summed E-state index contributed by atoms with van der Waals surface area (Å²) in [4.78, 5) is 13.9. The van der Waals surface area contributed by atoms with Crippen LogP contribution in [0, 0.1) is 12.7 Å². The lowest BCUT2D eigenvalue weighted by Crippen LogP contribution is -2.04. The highest BCUT2D eigenvalue weighted by Crippen LogP contribution is 2.52. The van der Waals surface area contributed by atoms with Gasteiger partial charge >= 0.3 is 0 Å². The van der Waals surface area contributed by atoms with E-state index in [1.165, 1.54) is 18.2 Å². The summed E-state index contributed by atoms with van der Waals surface area (Å²) in [6, 6.07) is 2.60. The van der Waals surface area contributed by atoms with Crippen LogP contribution in [0.15, 0.2) is 17.1 Å². The summed E-state index contributed by atoms with van der Waals surface area (Å²) in [5.74, 6) is -0.402. The molecule has 1 saturated carbocycles. The second kappa shape index (κ2) is 3.17. The van der Waals surface area contributed by atoms with Crippen molar-refractivity contribution < 1.29 is 14.3 Å². The van der Waals surface area contributed by atoms with Crippen molar-refractivity contribution in [3.8, 4) is 5.75 Å². The largest absolute Gasteiger partial charge is 0.508 e. The molecule has 0 aliphatic heterocycles. The molecular formula is C11H10FNO2. The Labute approximate surface area is 86.3 Å². The number of hydrogen-bond acceptors (Lipinski definition) is 3. The van der Waals surface area contributed by atoms with Gasteiger partial charge in [-0.15, -0.1) is 0 Å². The first-order valence-corrected chi connectivity index (χ1v) is 4.68. The van der Waals surface area contributed by atoms with Gasteiger partial charge in [0.25, 0.3) is 0 Å². The lowest BCUT2D eigenvalue weighted by atomic mass is 10.0. The molecule has 0 aromatic heterocycles. The molecule has 0 bridgehead atoms. The quantitative estimate of drug-likeness (QED) is 0.596. The van der Waals surface area contributed by atoms with E-state index in [4.69, 9.17) is 0 Å². The molecule has 1 fully saturated rings. The van der Waals surface area contributed by atoms with Crippen LogP contribution in [0.1, 0.15) is 24.0 Å². The number of phenolic OH excluding ortho intramolecular Hbond substituents is 1. The van der Waals surface area contributed by atoms with Gasteiger partial charge in [0.2, 0.25) is 6.08 Å². The summed E-state index contributed by atoms with van der Waals surface area (Å²) in [5, 5.41) is 9.66. The van der Waals surface area contributed by atoms with Crippen LogP contribution < -0.4 is 0 Å². The van der Waals surface area contributed by atoms with Crippen molar-refractivity contribution in [2.45, 2.75) is 25.3 Å². The summed E-state index contributed by atoms with van der Waals surface area (Å²) < 4.78 is 13.3.